The lowest BCUT2D eigenvalue weighted by atomic mass is 10.4. The van der Waals surface area contributed by atoms with Crippen LogP contribution >= 0.6 is 11.3 Å². The first-order valence-corrected chi connectivity index (χ1v) is 5.44. The van der Waals surface area contributed by atoms with E-state index < -0.39 is 0 Å². The first kappa shape index (κ1) is 10.3. The van der Waals surface area contributed by atoms with Crippen molar-refractivity contribution in [2.45, 2.75) is 6.54 Å². The highest BCUT2D eigenvalue weighted by Crippen LogP contribution is 2.24. The van der Waals surface area contributed by atoms with Gasteiger partial charge in [0.2, 0.25) is 0 Å². The van der Waals surface area contributed by atoms with Gasteiger partial charge >= 0.3 is 0 Å². The van der Waals surface area contributed by atoms with Crippen LogP contribution < -0.4 is 11.3 Å². The van der Waals surface area contributed by atoms with Gasteiger partial charge in [0.05, 0.1) is 11.9 Å². The summed E-state index contributed by atoms with van der Waals surface area (Å²) in [5, 5.41) is 2.96. The number of anilines is 1. The Hall–Kier alpha value is -1.24. The Kier molecular flexibility index (Phi) is 2.81. The van der Waals surface area contributed by atoms with Crippen LogP contribution in [0.5, 0.6) is 0 Å². The van der Waals surface area contributed by atoms with E-state index in [2.05, 4.69) is 15.4 Å². The van der Waals surface area contributed by atoms with Crippen molar-refractivity contribution in [1.29, 1.82) is 0 Å². The second kappa shape index (κ2) is 4.09. The smallest absolute Gasteiger partial charge is 0.152 e. The number of nitrogens with two attached hydrogens (primary N) is 1. The number of fused-ring (bicyclic) bond motifs is 1. The molecule has 0 aliphatic rings. The minimum atomic E-state index is 0.693. The van der Waals surface area contributed by atoms with E-state index in [-0.39, 0.29) is 0 Å². The first-order valence-electron chi connectivity index (χ1n) is 4.56. The van der Waals surface area contributed by atoms with Gasteiger partial charge in [-0.3, -0.25) is 0 Å². The van der Waals surface area contributed by atoms with E-state index in [4.69, 9.17) is 5.84 Å². The summed E-state index contributed by atoms with van der Waals surface area (Å²) >= 11 is 1.59. The molecule has 2 aromatic rings. The van der Waals surface area contributed by atoms with E-state index in [0.29, 0.717) is 12.4 Å². The Labute approximate surface area is 91.9 Å². The van der Waals surface area contributed by atoms with E-state index in [1.165, 1.54) is 0 Å². The van der Waals surface area contributed by atoms with Gasteiger partial charge in [0, 0.05) is 0 Å². The van der Waals surface area contributed by atoms with E-state index in [9.17, 15) is 0 Å². The third-order valence-corrected chi connectivity index (χ3v) is 2.77. The third-order valence-electron chi connectivity index (χ3n) is 1.97. The number of thiophene rings is 1. The second-order valence-corrected chi connectivity index (χ2v) is 4.40. The van der Waals surface area contributed by atoms with Crippen LogP contribution in [0.4, 0.5) is 5.82 Å². The summed E-state index contributed by atoms with van der Waals surface area (Å²) in [6.45, 7) is 0.711. The number of nitrogens with one attached hydrogen (secondary N) is 1. The highest BCUT2D eigenvalue weighted by atomic mass is 32.1. The number of hydrogen-bond donors (Lipinski definition) is 2. The molecule has 0 aliphatic carbocycles. The zero-order valence-corrected chi connectivity index (χ0v) is 9.51. The van der Waals surface area contributed by atoms with Crippen molar-refractivity contribution in [2.75, 3.05) is 19.5 Å². The second-order valence-electron chi connectivity index (χ2n) is 3.51. The number of aromatic nitrogens is 2. The Bertz CT molecular complexity index is 464. The van der Waals surface area contributed by atoms with Crippen LogP contribution in [0.2, 0.25) is 0 Å². The summed E-state index contributed by atoms with van der Waals surface area (Å²) < 4.78 is 0. The van der Waals surface area contributed by atoms with Crippen LogP contribution in [-0.2, 0) is 6.54 Å². The van der Waals surface area contributed by atoms with Crippen molar-refractivity contribution in [2.24, 2.45) is 5.84 Å². The minimum Gasteiger partial charge on any atom is -0.308 e. The Morgan fingerprint density at radius 1 is 1.47 bits per heavy atom. The SMILES string of the molecule is CN(C)Cc1nc(NN)c2ccsc2n1. The average molecular weight is 223 g/mol. The lowest BCUT2D eigenvalue weighted by Crippen LogP contribution is -2.16. The largest absolute Gasteiger partial charge is 0.308 e. The molecule has 0 unspecified atom stereocenters. The summed E-state index contributed by atoms with van der Waals surface area (Å²) in [4.78, 5) is 11.8. The molecular weight excluding hydrogens is 210 g/mol. The van der Waals surface area contributed by atoms with Gasteiger partial charge in [-0.2, -0.15) is 0 Å². The number of nitrogens with zero attached hydrogens (tertiary/aromatic N) is 3. The highest BCUT2D eigenvalue weighted by Gasteiger charge is 2.08. The quantitative estimate of drug-likeness (QED) is 0.601. The maximum atomic E-state index is 5.43. The zero-order valence-electron chi connectivity index (χ0n) is 8.69. The van der Waals surface area contributed by atoms with Crippen molar-refractivity contribution >= 4 is 27.4 Å². The molecule has 80 valence electrons. The lowest BCUT2D eigenvalue weighted by Gasteiger charge is -2.09. The first-order chi connectivity index (χ1) is 7.20. The predicted octanol–water partition coefficient (Wildman–Crippen LogP) is 1.04. The van der Waals surface area contributed by atoms with Crippen LogP contribution in [0.3, 0.4) is 0 Å². The van der Waals surface area contributed by atoms with Crippen molar-refractivity contribution in [3.63, 3.8) is 0 Å². The van der Waals surface area contributed by atoms with Crippen LogP contribution in [0, 0.1) is 0 Å². The van der Waals surface area contributed by atoms with Gasteiger partial charge in [-0.1, -0.05) is 0 Å². The molecule has 0 aliphatic heterocycles. The van der Waals surface area contributed by atoms with Gasteiger partial charge in [-0.05, 0) is 25.5 Å². The van der Waals surface area contributed by atoms with Crippen molar-refractivity contribution in [3.05, 3.63) is 17.3 Å². The molecular formula is C9H13N5S. The Balaban J connectivity index is 2.49. The normalized spacial score (nSPS) is 11.2. The summed E-state index contributed by atoms with van der Waals surface area (Å²) in [5.41, 5.74) is 2.61. The van der Waals surface area contributed by atoms with Gasteiger partial charge in [0.1, 0.15) is 10.7 Å². The van der Waals surface area contributed by atoms with E-state index in [1.54, 1.807) is 11.3 Å². The van der Waals surface area contributed by atoms with Crippen LogP contribution in [0.15, 0.2) is 11.4 Å². The molecule has 0 fully saturated rings. The summed E-state index contributed by atoms with van der Waals surface area (Å²) in [6, 6.07) is 1.97. The molecule has 3 N–H and O–H groups in total. The fourth-order valence-electron chi connectivity index (χ4n) is 1.36. The molecule has 2 heterocycles. The van der Waals surface area contributed by atoms with Gasteiger partial charge in [0.15, 0.2) is 5.82 Å². The Morgan fingerprint density at radius 2 is 2.27 bits per heavy atom. The van der Waals surface area contributed by atoms with Crippen molar-refractivity contribution in [3.8, 4) is 0 Å². The highest BCUT2D eigenvalue weighted by molar-refractivity contribution is 7.16. The molecule has 6 heteroatoms. The van der Waals surface area contributed by atoms with Crippen LogP contribution in [-0.4, -0.2) is 29.0 Å². The van der Waals surface area contributed by atoms with Gasteiger partial charge in [-0.15, -0.1) is 11.3 Å². The third kappa shape index (κ3) is 2.06. The van der Waals surface area contributed by atoms with E-state index in [0.717, 1.165) is 16.0 Å². The number of hydrogen-bond acceptors (Lipinski definition) is 6. The van der Waals surface area contributed by atoms with E-state index in [1.807, 2.05) is 30.4 Å². The Morgan fingerprint density at radius 3 is 2.93 bits per heavy atom. The minimum absolute atomic E-state index is 0.693. The fourth-order valence-corrected chi connectivity index (χ4v) is 2.15. The molecule has 2 aromatic heterocycles. The number of hydrazine groups is 1. The van der Waals surface area contributed by atoms with Crippen molar-refractivity contribution < 1.29 is 0 Å². The van der Waals surface area contributed by atoms with Gasteiger partial charge in [0.25, 0.3) is 0 Å². The summed E-state index contributed by atoms with van der Waals surface area (Å²) in [7, 11) is 3.97. The molecule has 0 radical (unpaired) electrons. The average Bonchev–Trinajstić information content (AvgIpc) is 2.63. The molecule has 0 spiro atoms. The molecule has 0 saturated carbocycles. The molecule has 0 bridgehead atoms. The number of rotatable bonds is 3. The summed E-state index contributed by atoms with van der Waals surface area (Å²) in [6.07, 6.45) is 0. The predicted molar refractivity (Wildman–Crippen MR) is 62.6 cm³/mol. The molecule has 0 amide bonds. The molecule has 0 saturated heterocycles. The van der Waals surface area contributed by atoms with Crippen LogP contribution in [0.1, 0.15) is 5.82 Å². The van der Waals surface area contributed by atoms with Gasteiger partial charge in [-0.25, -0.2) is 15.8 Å². The van der Waals surface area contributed by atoms with E-state index >= 15 is 0 Å². The van der Waals surface area contributed by atoms with Crippen molar-refractivity contribution in [1.82, 2.24) is 14.9 Å². The van der Waals surface area contributed by atoms with Crippen LogP contribution in [0.25, 0.3) is 10.2 Å². The molecule has 0 atom stereocenters. The molecule has 2 rings (SSSR count). The molecule has 0 aromatic carbocycles. The van der Waals surface area contributed by atoms with Gasteiger partial charge < -0.3 is 10.3 Å². The maximum Gasteiger partial charge on any atom is 0.152 e. The maximum absolute atomic E-state index is 5.43. The molecule has 5 nitrogen and oxygen atoms in total. The summed E-state index contributed by atoms with van der Waals surface area (Å²) in [5.74, 6) is 6.90. The zero-order chi connectivity index (χ0) is 10.8. The fraction of sp³-hybridized carbons (Fsp3) is 0.333. The monoisotopic (exact) mass is 223 g/mol. The molecule has 15 heavy (non-hydrogen) atoms. The standard InChI is InChI=1S/C9H13N5S/c1-14(2)5-7-11-8(13-10)6-3-4-15-9(6)12-7/h3-4H,5,10H2,1-2H3,(H,11,12,13). The topological polar surface area (TPSA) is 67.1 Å². The lowest BCUT2D eigenvalue weighted by molar-refractivity contribution is 0.391. The number of nitrogen functional groups attached to an aromatic ring is 1.